The average molecular weight is 203 g/mol. The van der Waals surface area contributed by atoms with Crippen LogP contribution in [0.25, 0.3) is 0 Å². The molecule has 1 aromatic heterocycles. The fraction of sp³-hybridized carbons (Fsp3) is 0.583. The molecule has 80 valence electrons. The van der Waals surface area contributed by atoms with Crippen molar-refractivity contribution in [2.24, 2.45) is 0 Å². The highest BCUT2D eigenvalue weighted by Crippen LogP contribution is 2.09. The zero-order valence-electron chi connectivity index (χ0n) is 9.02. The maximum absolute atomic E-state index is 8.86. The molecule has 0 amide bonds. The Morgan fingerprint density at radius 3 is 2.73 bits per heavy atom. The van der Waals surface area contributed by atoms with Gasteiger partial charge in [0.25, 0.3) is 0 Å². The van der Waals surface area contributed by atoms with E-state index in [0.29, 0.717) is 0 Å². The molecule has 0 atom stereocenters. The molecule has 3 nitrogen and oxygen atoms in total. The summed E-state index contributed by atoms with van der Waals surface area (Å²) in [6, 6.07) is 6.02. The number of piperidine rings is 1. The first-order valence-corrected chi connectivity index (χ1v) is 5.68. The Bertz CT molecular complexity index is 342. The van der Waals surface area contributed by atoms with E-state index < -0.39 is 0 Å². The summed E-state index contributed by atoms with van der Waals surface area (Å²) in [5, 5.41) is 8.86. The lowest BCUT2D eigenvalue weighted by molar-refractivity contribution is 0.220. The maximum Gasteiger partial charge on any atom is 0.120 e. The molecule has 2 rings (SSSR count). The van der Waals surface area contributed by atoms with E-state index in [0.717, 1.165) is 18.8 Å². The van der Waals surface area contributed by atoms with Crippen LogP contribution in [0.1, 0.15) is 25.0 Å². The zero-order valence-corrected chi connectivity index (χ0v) is 9.02. The molecule has 0 bridgehead atoms. The number of hydrogen-bond acceptors (Lipinski definition) is 2. The van der Waals surface area contributed by atoms with E-state index in [1.165, 1.54) is 32.4 Å². The summed E-state index contributed by atoms with van der Waals surface area (Å²) < 4.78 is 2.04. The molecule has 3 heteroatoms. The molecular formula is C12H17N3. The number of likely N-dealkylation sites (tertiary alicyclic amines) is 1. The third-order valence-electron chi connectivity index (χ3n) is 3.05. The minimum Gasteiger partial charge on any atom is -0.338 e. The Hall–Kier alpha value is -1.27. The average Bonchev–Trinajstić information content (AvgIpc) is 2.75. The molecule has 0 saturated carbocycles. The van der Waals surface area contributed by atoms with Crippen LogP contribution < -0.4 is 0 Å². The Labute approximate surface area is 90.9 Å². The largest absolute Gasteiger partial charge is 0.338 e. The van der Waals surface area contributed by atoms with Crippen molar-refractivity contribution in [3.63, 3.8) is 0 Å². The van der Waals surface area contributed by atoms with Gasteiger partial charge in [0, 0.05) is 19.3 Å². The smallest absolute Gasteiger partial charge is 0.120 e. The van der Waals surface area contributed by atoms with Gasteiger partial charge in [0.1, 0.15) is 11.8 Å². The number of nitriles is 1. The van der Waals surface area contributed by atoms with Crippen molar-refractivity contribution in [3.8, 4) is 6.07 Å². The van der Waals surface area contributed by atoms with Crippen molar-refractivity contribution in [3.05, 3.63) is 24.0 Å². The van der Waals surface area contributed by atoms with Gasteiger partial charge in [-0.2, -0.15) is 5.26 Å². The van der Waals surface area contributed by atoms with Crippen LogP contribution in [0.5, 0.6) is 0 Å². The van der Waals surface area contributed by atoms with Crippen LogP contribution >= 0.6 is 0 Å². The summed E-state index contributed by atoms with van der Waals surface area (Å²) in [4.78, 5) is 2.49. The zero-order chi connectivity index (χ0) is 10.5. The number of nitrogens with zero attached hydrogens (tertiary/aromatic N) is 3. The van der Waals surface area contributed by atoms with Crippen LogP contribution in [0.2, 0.25) is 0 Å². The molecule has 0 N–H and O–H groups in total. The monoisotopic (exact) mass is 203 g/mol. The molecule has 1 saturated heterocycles. The second-order valence-electron chi connectivity index (χ2n) is 4.10. The van der Waals surface area contributed by atoms with Crippen molar-refractivity contribution in [1.82, 2.24) is 9.47 Å². The number of aromatic nitrogens is 1. The molecule has 0 aliphatic carbocycles. The standard InChI is InChI=1S/C12H17N3/c13-11-12-5-4-8-15(12)10-9-14-6-2-1-3-7-14/h4-5,8H,1-3,6-7,9-10H2. The van der Waals surface area contributed by atoms with E-state index in [9.17, 15) is 0 Å². The van der Waals surface area contributed by atoms with Crippen molar-refractivity contribution in [2.75, 3.05) is 19.6 Å². The van der Waals surface area contributed by atoms with E-state index >= 15 is 0 Å². The van der Waals surface area contributed by atoms with Gasteiger partial charge in [-0.05, 0) is 38.1 Å². The van der Waals surface area contributed by atoms with Crippen LogP contribution in [-0.4, -0.2) is 29.1 Å². The summed E-state index contributed by atoms with van der Waals surface area (Å²) in [5.41, 5.74) is 0.770. The molecule has 1 aliphatic rings. The molecule has 2 heterocycles. The third kappa shape index (κ3) is 2.60. The van der Waals surface area contributed by atoms with Gasteiger partial charge in [0.2, 0.25) is 0 Å². The van der Waals surface area contributed by atoms with Crippen molar-refractivity contribution < 1.29 is 0 Å². The molecule has 0 radical (unpaired) electrons. The van der Waals surface area contributed by atoms with Gasteiger partial charge in [0.15, 0.2) is 0 Å². The van der Waals surface area contributed by atoms with Crippen LogP contribution in [0, 0.1) is 11.3 Å². The Kier molecular flexibility index (Phi) is 3.41. The van der Waals surface area contributed by atoms with Gasteiger partial charge in [-0.25, -0.2) is 0 Å². The first-order valence-electron chi connectivity index (χ1n) is 5.68. The highest BCUT2D eigenvalue weighted by atomic mass is 15.1. The predicted octanol–water partition coefficient (Wildman–Crippen LogP) is 1.85. The normalized spacial score (nSPS) is 17.5. The van der Waals surface area contributed by atoms with E-state index in [1.54, 1.807) is 0 Å². The van der Waals surface area contributed by atoms with Crippen LogP contribution in [0.15, 0.2) is 18.3 Å². The first kappa shape index (κ1) is 10.3. The number of hydrogen-bond donors (Lipinski definition) is 0. The Morgan fingerprint density at radius 2 is 2.00 bits per heavy atom. The van der Waals surface area contributed by atoms with E-state index in [-0.39, 0.29) is 0 Å². The molecule has 1 aromatic rings. The summed E-state index contributed by atoms with van der Waals surface area (Å²) in [7, 11) is 0. The van der Waals surface area contributed by atoms with Gasteiger partial charge in [-0.1, -0.05) is 6.42 Å². The second-order valence-corrected chi connectivity index (χ2v) is 4.10. The topological polar surface area (TPSA) is 32.0 Å². The molecule has 15 heavy (non-hydrogen) atoms. The van der Waals surface area contributed by atoms with E-state index in [4.69, 9.17) is 5.26 Å². The molecule has 0 spiro atoms. The van der Waals surface area contributed by atoms with Gasteiger partial charge in [-0.15, -0.1) is 0 Å². The minimum absolute atomic E-state index is 0.770. The van der Waals surface area contributed by atoms with E-state index in [2.05, 4.69) is 11.0 Å². The molecule has 0 aromatic carbocycles. The number of rotatable bonds is 3. The van der Waals surface area contributed by atoms with Crippen molar-refractivity contribution in [1.29, 1.82) is 5.26 Å². The summed E-state index contributed by atoms with van der Waals surface area (Å²) in [6.45, 7) is 4.46. The van der Waals surface area contributed by atoms with E-state index in [1.807, 2.05) is 22.9 Å². The maximum atomic E-state index is 8.86. The third-order valence-corrected chi connectivity index (χ3v) is 3.05. The van der Waals surface area contributed by atoms with Gasteiger partial charge < -0.3 is 9.47 Å². The molecule has 1 aliphatic heterocycles. The minimum atomic E-state index is 0.770. The van der Waals surface area contributed by atoms with Crippen LogP contribution in [-0.2, 0) is 6.54 Å². The summed E-state index contributed by atoms with van der Waals surface area (Å²) >= 11 is 0. The predicted molar refractivity (Wildman–Crippen MR) is 59.4 cm³/mol. The lowest BCUT2D eigenvalue weighted by Gasteiger charge is -2.26. The van der Waals surface area contributed by atoms with Crippen LogP contribution in [0.4, 0.5) is 0 Å². The fourth-order valence-corrected chi connectivity index (χ4v) is 2.14. The summed E-state index contributed by atoms with van der Waals surface area (Å²) in [5.74, 6) is 0. The summed E-state index contributed by atoms with van der Waals surface area (Å²) in [6.07, 6.45) is 6.03. The van der Waals surface area contributed by atoms with Gasteiger partial charge in [0.05, 0.1) is 0 Å². The lowest BCUT2D eigenvalue weighted by atomic mass is 10.1. The lowest BCUT2D eigenvalue weighted by Crippen LogP contribution is -2.32. The Balaban J connectivity index is 1.85. The van der Waals surface area contributed by atoms with Crippen molar-refractivity contribution >= 4 is 0 Å². The van der Waals surface area contributed by atoms with Crippen molar-refractivity contribution in [2.45, 2.75) is 25.8 Å². The quantitative estimate of drug-likeness (QED) is 0.750. The SMILES string of the molecule is N#Cc1cccn1CCN1CCCCC1. The molecule has 1 fully saturated rings. The Morgan fingerprint density at radius 1 is 1.20 bits per heavy atom. The second kappa shape index (κ2) is 4.99. The highest BCUT2D eigenvalue weighted by Gasteiger charge is 2.09. The molecule has 0 unspecified atom stereocenters. The van der Waals surface area contributed by atoms with Gasteiger partial charge >= 0.3 is 0 Å². The fourth-order valence-electron chi connectivity index (χ4n) is 2.14. The first-order chi connectivity index (χ1) is 7.40. The van der Waals surface area contributed by atoms with Gasteiger partial charge in [-0.3, -0.25) is 0 Å². The highest BCUT2D eigenvalue weighted by molar-refractivity contribution is 5.21. The molecular weight excluding hydrogens is 186 g/mol. The van der Waals surface area contributed by atoms with Crippen LogP contribution in [0.3, 0.4) is 0 Å².